The molecule has 0 fully saturated rings. The Bertz CT molecular complexity index is 392. The number of fused-ring (bicyclic) bond motifs is 1. The van der Waals surface area contributed by atoms with Crippen molar-refractivity contribution in [3.63, 3.8) is 0 Å². The SMILES string of the molecule is NC(CC1CCOc2ccccc21)C(=O)O. The van der Waals surface area contributed by atoms with E-state index in [1.165, 1.54) is 0 Å². The molecule has 1 aromatic rings. The first-order valence-corrected chi connectivity index (χ1v) is 5.38. The van der Waals surface area contributed by atoms with E-state index in [1.54, 1.807) is 0 Å². The minimum Gasteiger partial charge on any atom is -0.493 e. The van der Waals surface area contributed by atoms with Gasteiger partial charge in [-0.2, -0.15) is 0 Å². The van der Waals surface area contributed by atoms with Crippen LogP contribution in [-0.2, 0) is 4.79 Å². The van der Waals surface area contributed by atoms with Crippen molar-refractivity contribution in [3.8, 4) is 5.75 Å². The molecule has 2 unspecified atom stereocenters. The smallest absolute Gasteiger partial charge is 0.320 e. The van der Waals surface area contributed by atoms with Crippen LogP contribution >= 0.6 is 0 Å². The van der Waals surface area contributed by atoms with Gasteiger partial charge in [-0.15, -0.1) is 0 Å². The molecule has 0 bridgehead atoms. The van der Waals surface area contributed by atoms with Gasteiger partial charge in [-0.25, -0.2) is 0 Å². The van der Waals surface area contributed by atoms with Gasteiger partial charge in [0.1, 0.15) is 11.8 Å². The normalized spacial score (nSPS) is 20.7. The highest BCUT2D eigenvalue weighted by Crippen LogP contribution is 2.35. The summed E-state index contributed by atoms with van der Waals surface area (Å²) in [6.07, 6.45) is 1.30. The first-order valence-electron chi connectivity index (χ1n) is 5.38. The number of hydrogen-bond acceptors (Lipinski definition) is 3. The molecule has 0 spiro atoms. The van der Waals surface area contributed by atoms with E-state index < -0.39 is 12.0 Å². The summed E-state index contributed by atoms with van der Waals surface area (Å²) in [6.45, 7) is 0.633. The molecule has 1 aromatic carbocycles. The topological polar surface area (TPSA) is 72.5 Å². The molecule has 1 aliphatic heterocycles. The number of benzene rings is 1. The third-order valence-electron chi connectivity index (χ3n) is 2.94. The summed E-state index contributed by atoms with van der Waals surface area (Å²) in [5.74, 6) is 0.108. The highest BCUT2D eigenvalue weighted by molar-refractivity contribution is 5.73. The number of nitrogens with two attached hydrogens (primary N) is 1. The molecule has 3 N–H and O–H groups in total. The Morgan fingerprint density at radius 2 is 2.31 bits per heavy atom. The van der Waals surface area contributed by atoms with Crippen LogP contribution in [0.5, 0.6) is 5.75 Å². The molecule has 16 heavy (non-hydrogen) atoms. The average Bonchev–Trinajstić information content (AvgIpc) is 2.29. The zero-order valence-electron chi connectivity index (χ0n) is 8.93. The Kier molecular flexibility index (Phi) is 3.10. The number of aliphatic carboxylic acids is 1. The summed E-state index contributed by atoms with van der Waals surface area (Å²) in [4.78, 5) is 10.7. The van der Waals surface area contributed by atoms with Gasteiger partial charge >= 0.3 is 5.97 Å². The van der Waals surface area contributed by atoms with Crippen molar-refractivity contribution >= 4 is 5.97 Å². The largest absolute Gasteiger partial charge is 0.493 e. The summed E-state index contributed by atoms with van der Waals surface area (Å²) in [6, 6.07) is 6.95. The standard InChI is InChI=1S/C12H15NO3/c13-10(12(14)15)7-8-5-6-16-11-4-2-1-3-9(8)11/h1-4,8,10H,5-7,13H2,(H,14,15). The Morgan fingerprint density at radius 3 is 3.06 bits per heavy atom. The van der Waals surface area contributed by atoms with Gasteiger partial charge < -0.3 is 15.6 Å². The maximum atomic E-state index is 10.7. The Hall–Kier alpha value is -1.55. The number of carbonyl (C=O) groups is 1. The van der Waals surface area contributed by atoms with Crippen LogP contribution in [0.15, 0.2) is 24.3 Å². The molecule has 4 nitrogen and oxygen atoms in total. The molecule has 4 heteroatoms. The lowest BCUT2D eigenvalue weighted by Crippen LogP contribution is -2.33. The Labute approximate surface area is 94.0 Å². The van der Waals surface area contributed by atoms with E-state index in [9.17, 15) is 4.79 Å². The highest BCUT2D eigenvalue weighted by atomic mass is 16.5. The van der Waals surface area contributed by atoms with Crippen LogP contribution in [-0.4, -0.2) is 23.7 Å². The number of carboxylic acid groups (broad SMARTS) is 1. The summed E-state index contributed by atoms with van der Waals surface area (Å²) >= 11 is 0. The molecular weight excluding hydrogens is 206 g/mol. The second-order valence-corrected chi connectivity index (χ2v) is 4.05. The van der Waals surface area contributed by atoms with Crippen molar-refractivity contribution in [3.05, 3.63) is 29.8 Å². The third kappa shape index (κ3) is 2.17. The first-order chi connectivity index (χ1) is 7.68. The maximum absolute atomic E-state index is 10.7. The summed E-state index contributed by atoms with van der Waals surface area (Å²) in [7, 11) is 0. The van der Waals surface area contributed by atoms with Gasteiger partial charge in [-0.3, -0.25) is 4.79 Å². The van der Waals surface area contributed by atoms with Crippen molar-refractivity contribution in [1.82, 2.24) is 0 Å². The van der Waals surface area contributed by atoms with Crippen molar-refractivity contribution in [2.75, 3.05) is 6.61 Å². The molecule has 0 amide bonds. The molecular formula is C12H15NO3. The second-order valence-electron chi connectivity index (χ2n) is 4.05. The molecule has 1 heterocycles. The van der Waals surface area contributed by atoms with E-state index in [2.05, 4.69) is 0 Å². The van der Waals surface area contributed by atoms with Crippen molar-refractivity contribution in [2.24, 2.45) is 5.73 Å². The van der Waals surface area contributed by atoms with Crippen LogP contribution < -0.4 is 10.5 Å². The molecule has 0 saturated heterocycles. The van der Waals surface area contributed by atoms with Crippen LogP contribution in [0, 0.1) is 0 Å². The van der Waals surface area contributed by atoms with Crippen molar-refractivity contribution in [1.29, 1.82) is 0 Å². The fraction of sp³-hybridized carbons (Fsp3) is 0.417. The quantitative estimate of drug-likeness (QED) is 0.808. The molecule has 1 aliphatic rings. The second kappa shape index (κ2) is 4.53. The van der Waals surface area contributed by atoms with E-state index in [-0.39, 0.29) is 5.92 Å². The summed E-state index contributed by atoms with van der Waals surface area (Å²) in [5.41, 5.74) is 6.64. The first kappa shape index (κ1) is 11.0. The minimum absolute atomic E-state index is 0.191. The van der Waals surface area contributed by atoms with Gasteiger partial charge in [0.2, 0.25) is 0 Å². The molecule has 86 valence electrons. The summed E-state index contributed by atoms with van der Waals surface area (Å²) in [5, 5.41) is 8.80. The van der Waals surface area contributed by atoms with E-state index >= 15 is 0 Å². The number of carboxylic acids is 1. The lowest BCUT2D eigenvalue weighted by Gasteiger charge is -2.26. The maximum Gasteiger partial charge on any atom is 0.320 e. The summed E-state index contributed by atoms with van der Waals surface area (Å²) < 4.78 is 5.51. The van der Waals surface area contributed by atoms with E-state index in [0.717, 1.165) is 17.7 Å². The van der Waals surface area contributed by atoms with Gasteiger partial charge in [0, 0.05) is 0 Å². The average molecular weight is 221 g/mol. The van der Waals surface area contributed by atoms with Crippen molar-refractivity contribution in [2.45, 2.75) is 24.8 Å². The number of rotatable bonds is 3. The van der Waals surface area contributed by atoms with Gasteiger partial charge in [0.25, 0.3) is 0 Å². The van der Waals surface area contributed by atoms with Crippen LogP contribution in [0.3, 0.4) is 0 Å². The monoisotopic (exact) mass is 221 g/mol. The Balaban J connectivity index is 2.16. The predicted octanol–water partition coefficient (Wildman–Crippen LogP) is 1.35. The molecule has 0 aromatic heterocycles. The zero-order valence-corrected chi connectivity index (χ0v) is 8.93. The van der Waals surface area contributed by atoms with Gasteiger partial charge in [-0.1, -0.05) is 18.2 Å². The predicted molar refractivity (Wildman–Crippen MR) is 59.5 cm³/mol. The van der Waals surface area contributed by atoms with Gasteiger partial charge in [-0.05, 0) is 30.4 Å². The third-order valence-corrected chi connectivity index (χ3v) is 2.94. The lowest BCUT2D eigenvalue weighted by atomic mass is 9.88. The number of ether oxygens (including phenoxy) is 1. The van der Waals surface area contributed by atoms with E-state index in [1.807, 2.05) is 24.3 Å². The van der Waals surface area contributed by atoms with Gasteiger partial charge in [0.05, 0.1) is 6.61 Å². The fourth-order valence-electron chi connectivity index (χ4n) is 2.07. The molecule has 0 radical (unpaired) electrons. The van der Waals surface area contributed by atoms with Crippen LogP contribution in [0.1, 0.15) is 24.3 Å². The minimum atomic E-state index is -0.941. The van der Waals surface area contributed by atoms with Crippen LogP contribution in [0.4, 0.5) is 0 Å². The van der Waals surface area contributed by atoms with E-state index in [4.69, 9.17) is 15.6 Å². The fourth-order valence-corrected chi connectivity index (χ4v) is 2.07. The van der Waals surface area contributed by atoms with E-state index in [0.29, 0.717) is 13.0 Å². The number of para-hydroxylation sites is 1. The number of hydrogen-bond donors (Lipinski definition) is 2. The Morgan fingerprint density at radius 1 is 1.56 bits per heavy atom. The lowest BCUT2D eigenvalue weighted by molar-refractivity contribution is -0.138. The van der Waals surface area contributed by atoms with Crippen molar-refractivity contribution < 1.29 is 14.6 Å². The molecule has 0 saturated carbocycles. The zero-order chi connectivity index (χ0) is 11.5. The highest BCUT2D eigenvalue weighted by Gasteiger charge is 2.25. The van der Waals surface area contributed by atoms with Gasteiger partial charge in [0.15, 0.2) is 0 Å². The van der Waals surface area contributed by atoms with Crippen LogP contribution in [0.25, 0.3) is 0 Å². The molecule has 2 rings (SSSR count). The molecule has 2 atom stereocenters. The van der Waals surface area contributed by atoms with Crippen LogP contribution in [0.2, 0.25) is 0 Å². The molecule has 0 aliphatic carbocycles.